The lowest BCUT2D eigenvalue weighted by molar-refractivity contribution is 0.0941. The normalized spacial score (nSPS) is 10.6. The van der Waals surface area contributed by atoms with Gasteiger partial charge in [-0.05, 0) is 67.9 Å². The summed E-state index contributed by atoms with van der Waals surface area (Å²) in [6.45, 7) is 8.00. The van der Waals surface area contributed by atoms with Crippen molar-refractivity contribution in [2.24, 2.45) is 0 Å². The molecule has 2 aromatic rings. The van der Waals surface area contributed by atoms with Crippen molar-refractivity contribution in [3.63, 3.8) is 0 Å². The maximum absolute atomic E-state index is 12.3. The number of rotatable bonds is 5. The summed E-state index contributed by atoms with van der Waals surface area (Å²) in [6.07, 6.45) is 0. The topological polar surface area (TPSA) is 70.2 Å². The minimum atomic E-state index is -0.281. The summed E-state index contributed by atoms with van der Waals surface area (Å²) in [4.78, 5) is 24.4. The van der Waals surface area contributed by atoms with Crippen LogP contribution in [0.4, 0.5) is 5.69 Å². The maximum atomic E-state index is 12.3. The Morgan fingerprint density at radius 1 is 0.889 bits per heavy atom. The maximum Gasteiger partial charge on any atom is 0.257 e. The molecule has 0 bridgehead atoms. The lowest BCUT2D eigenvalue weighted by Crippen LogP contribution is -2.34. The Kier molecular flexibility index (Phi) is 7.07. The summed E-state index contributed by atoms with van der Waals surface area (Å²) in [5, 5.41) is 8.61. The molecule has 0 radical (unpaired) electrons. The molecule has 2 aromatic carbocycles. The average Bonchev–Trinajstić information content (AvgIpc) is 2.61. The van der Waals surface area contributed by atoms with Crippen LogP contribution in [0.2, 0.25) is 0 Å². The standard InChI is InChI=1S/C21H25N3O2S/c1-13(2)15-8-10-16(11-9-15)19(25)24-21(27)23-18-7-5-6-17(12-18)20(26)22-14(3)4/h5-14H,1-4H3,(H,22,26)(H2,23,24,25,27). The second-order valence-corrected chi connectivity index (χ2v) is 7.30. The van der Waals surface area contributed by atoms with E-state index in [2.05, 4.69) is 29.8 Å². The number of amides is 2. The van der Waals surface area contributed by atoms with Crippen LogP contribution >= 0.6 is 12.2 Å². The third-order valence-corrected chi connectivity index (χ3v) is 4.07. The molecule has 0 spiro atoms. The molecule has 5 nitrogen and oxygen atoms in total. The molecule has 0 atom stereocenters. The zero-order chi connectivity index (χ0) is 20.0. The third kappa shape index (κ3) is 6.18. The first-order chi connectivity index (χ1) is 12.8. The predicted octanol–water partition coefficient (Wildman–Crippen LogP) is 4.08. The summed E-state index contributed by atoms with van der Waals surface area (Å²) >= 11 is 5.21. The highest BCUT2D eigenvalue weighted by atomic mass is 32.1. The molecule has 2 rings (SSSR count). The van der Waals surface area contributed by atoms with Gasteiger partial charge in [0.25, 0.3) is 11.8 Å². The van der Waals surface area contributed by atoms with E-state index in [1.807, 2.05) is 26.0 Å². The van der Waals surface area contributed by atoms with Crippen LogP contribution in [-0.2, 0) is 0 Å². The first-order valence-corrected chi connectivity index (χ1v) is 9.30. The number of hydrogen-bond acceptors (Lipinski definition) is 3. The molecule has 0 saturated heterocycles. The van der Waals surface area contributed by atoms with Gasteiger partial charge in [-0.1, -0.05) is 32.0 Å². The number of carbonyl (C=O) groups is 2. The summed E-state index contributed by atoms with van der Waals surface area (Å²) in [5.41, 5.74) is 2.86. The van der Waals surface area contributed by atoms with E-state index in [1.54, 1.807) is 36.4 Å². The van der Waals surface area contributed by atoms with Crippen molar-refractivity contribution in [3.8, 4) is 0 Å². The molecule has 0 saturated carbocycles. The summed E-state index contributed by atoms with van der Waals surface area (Å²) in [6, 6.07) is 14.4. The van der Waals surface area contributed by atoms with E-state index in [4.69, 9.17) is 12.2 Å². The van der Waals surface area contributed by atoms with Crippen molar-refractivity contribution >= 4 is 34.8 Å². The Morgan fingerprint density at radius 2 is 1.56 bits per heavy atom. The highest BCUT2D eigenvalue weighted by Crippen LogP contribution is 2.15. The number of nitrogens with one attached hydrogen (secondary N) is 3. The number of hydrogen-bond donors (Lipinski definition) is 3. The van der Waals surface area contributed by atoms with Crippen molar-refractivity contribution in [2.45, 2.75) is 39.7 Å². The van der Waals surface area contributed by atoms with E-state index >= 15 is 0 Å². The highest BCUT2D eigenvalue weighted by molar-refractivity contribution is 7.80. The van der Waals surface area contributed by atoms with E-state index in [9.17, 15) is 9.59 Å². The number of thiocarbonyl (C=S) groups is 1. The van der Waals surface area contributed by atoms with Gasteiger partial charge < -0.3 is 10.6 Å². The Labute approximate surface area is 165 Å². The van der Waals surface area contributed by atoms with E-state index in [-0.39, 0.29) is 23.0 Å². The number of carbonyl (C=O) groups excluding carboxylic acids is 2. The van der Waals surface area contributed by atoms with Crippen molar-refractivity contribution in [2.75, 3.05) is 5.32 Å². The number of anilines is 1. The molecule has 27 heavy (non-hydrogen) atoms. The Balaban J connectivity index is 1.99. The van der Waals surface area contributed by atoms with Crippen LogP contribution in [0, 0.1) is 0 Å². The molecule has 3 N–H and O–H groups in total. The van der Waals surface area contributed by atoms with Crippen molar-refractivity contribution in [1.29, 1.82) is 0 Å². The molecule has 0 fully saturated rings. The van der Waals surface area contributed by atoms with E-state index in [0.717, 1.165) is 0 Å². The van der Waals surface area contributed by atoms with E-state index in [0.29, 0.717) is 22.7 Å². The fourth-order valence-electron chi connectivity index (χ4n) is 2.44. The van der Waals surface area contributed by atoms with Crippen molar-refractivity contribution in [3.05, 3.63) is 65.2 Å². The van der Waals surface area contributed by atoms with Gasteiger partial charge in [-0.3, -0.25) is 14.9 Å². The largest absolute Gasteiger partial charge is 0.350 e. The summed E-state index contributed by atoms with van der Waals surface area (Å²) < 4.78 is 0. The second kappa shape index (κ2) is 9.28. The molecule has 0 aliphatic carbocycles. The minimum Gasteiger partial charge on any atom is -0.350 e. The molecule has 0 aliphatic rings. The molecule has 0 aliphatic heterocycles. The van der Waals surface area contributed by atoms with Gasteiger partial charge in [0.2, 0.25) is 0 Å². The van der Waals surface area contributed by atoms with Gasteiger partial charge in [-0.25, -0.2) is 0 Å². The minimum absolute atomic E-state index is 0.0524. The smallest absolute Gasteiger partial charge is 0.257 e. The molecule has 6 heteroatoms. The van der Waals surface area contributed by atoms with Gasteiger partial charge in [0.15, 0.2) is 5.11 Å². The quantitative estimate of drug-likeness (QED) is 0.681. The second-order valence-electron chi connectivity index (χ2n) is 6.89. The Bertz CT molecular complexity index is 830. The van der Waals surface area contributed by atoms with Gasteiger partial charge in [0.05, 0.1) is 0 Å². The van der Waals surface area contributed by atoms with Crippen LogP contribution in [0.1, 0.15) is 59.9 Å². The molecular weight excluding hydrogens is 358 g/mol. The molecular formula is C21H25N3O2S. The van der Waals surface area contributed by atoms with Gasteiger partial charge in [-0.15, -0.1) is 0 Å². The van der Waals surface area contributed by atoms with Gasteiger partial charge in [0.1, 0.15) is 0 Å². The van der Waals surface area contributed by atoms with Crippen LogP contribution < -0.4 is 16.0 Å². The Hall–Kier alpha value is -2.73. The average molecular weight is 384 g/mol. The Morgan fingerprint density at radius 3 is 2.15 bits per heavy atom. The fraction of sp³-hybridized carbons (Fsp3) is 0.286. The SMILES string of the molecule is CC(C)NC(=O)c1cccc(NC(=S)NC(=O)c2ccc(C(C)C)cc2)c1. The van der Waals surface area contributed by atoms with E-state index < -0.39 is 0 Å². The molecule has 0 heterocycles. The van der Waals surface area contributed by atoms with E-state index in [1.165, 1.54) is 5.56 Å². The van der Waals surface area contributed by atoms with Crippen molar-refractivity contribution in [1.82, 2.24) is 10.6 Å². The molecule has 0 unspecified atom stereocenters. The van der Waals surface area contributed by atoms with Crippen LogP contribution in [0.5, 0.6) is 0 Å². The van der Waals surface area contributed by atoms with Crippen LogP contribution in [0.3, 0.4) is 0 Å². The zero-order valence-electron chi connectivity index (χ0n) is 16.0. The lowest BCUT2D eigenvalue weighted by atomic mass is 10.0. The van der Waals surface area contributed by atoms with Crippen LogP contribution in [-0.4, -0.2) is 23.0 Å². The summed E-state index contributed by atoms with van der Waals surface area (Å²) in [7, 11) is 0. The fourth-order valence-corrected chi connectivity index (χ4v) is 2.65. The first-order valence-electron chi connectivity index (χ1n) is 8.89. The molecule has 2 amide bonds. The highest BCUT2D eigenvalue weighted by Gasteiger charge is 2.11. The third-order valence-electron chi connectivity index (χ3n) is 3.87. The molecule has 0 aromatic heterocycles. The zero-order valence-corrected chi connectivity index (χ0v) is 16.8. The summed E-state index contributed by atoms with van der Waals surface area (Å²) in [5.74, 6) is -0.0321. The predicted molar refractivity (Wildman–Crippen MR) is 113 cm³/mol. The van der Waals surface area contributed by atoms with Gasteiger partial charge in [0, 0.05) is 22.9 Å². The van der Waals surface area contributed by atoms with Gasteiger partial charge in [-0.2, -0.15) is 0 Å². The van der Waals surface area contributed by atoms with Gasteiger partial charge >= 0.3 is 0 Å². The van der Waals surface area contributed by atoms with Crippen molar-refractivity contribution < 1.29 is 9.59 Å². The van der Waals surface area contributed by atoms with Crippen LogP contribution in [0.25, 0.3) is 0 Å². The monoisotopic (exact) mass is 383 g/mol. The number of benzene rings is 2. The lowest BCUT2D eigenvalue weighted by Gasteiger charge is -2.12. The molecule has 142 valence electrons. The van der Waals surface area contributed by atoms with Crippen LogP contribution in [0.15, 0.2) is 48.5 Å². The first kappa shape index (κ1) is 20.6.